The molecule has 0 spiro atoms. The first-order valence-corrected chi connectivity index (χ1v) is 6.82. The third-order valence-electron chi connectivity index (χ3n) is 2.80. The minimum atomic E-state index is -1.09. The summed E-state index contributed by atoms with van der Waals surface area (Å²) in [6.45, 7) is 0.0583. The van der Waals surface area contributed by atoms with Gasteiger partial charge in [0, 0.05) is 13.0 Å². The molecule has 6 nitrogen and oxygen atoms in total. The largest absolute Gasteiger partial charge is 0.480 e. The lowest BCUT2D eigenvalue weighted by Gasteiger charge is -2.24. The Hall–Kier alpha value is -0.790. The lowest BCUT2D eigenvalue weighted by Crippen LogP contribution is -2.48. The van der Waals surface area contributed by atoms with Crippen LogP contribution < -0.4 is 5.73 Å². The second-order valence-corrected chi connectivity index (χ2v) is 5.11. The predicted molar refractivity (Wildman–Crippen MR) is 64.7 cm³/mol. The maximum absolute atomic E-state index is 11.9. The molecule has 1 fully saturated rings. The van der Waals surface area contributed by atoms with E-state index in [0.29, 0.717) is 6.42 Å². The monoisotopic (exact) mass is 262 g/mol. The Morgan fingerprint density at radius 3 is 2.76 bits per heavy atom. The molecule has 1 amide bonds. The number of β-amino-alcohol motifs (C(OH)–C–C–N with tert-alkyl or cyclic N) is 1. The smallest absolute Gasteiger partial charge is 0.326 e. The van der Waals surface area contributed by atoms with E-state index in [1.807, 2.05) is 6.26 Å². The highest BCUT2D eigenvalue weighted by molar-refractivity contribution is 7.98. The first-order valence-electron chi connectivity index (χ1n) is 5.43. The number of carbonyl (C=O) groups excluding carboxylic acids is 1. The zero-order valence-corrected chi connectivity index (χ0v) is 10.5. The fourth-order valence-corrected chi connectivity index (χ4v) is 2.36. The van der Waals surface area contributed by atoms with Crippen molar-refractivity contribution in [2.24, 2.45) is 5.73 Å². The number of nitrogens with two attached hydrogens (primary N) is 1. The summed E-state index contributed by atoms with van der Waals surface area (Å²) in [7, 11) is 0. The third-order valence-corrected chi connectivity index (χ3v) is 3.44. The maximum Gasteiger partial charge on any atom is 0.326 e. The third kappa shape index (κ3) is 3.58. The van der Waals surface area contributed by atoms with E-state index < -0.39 is 24.2 Å². The van der Waals surface area contributed by atoms with Crippen molar-refractivity contribution in [2.45, 2.75) is 31.0 Å². The first kappa shape index (κ1) is 14.3. The molecule has 0 radical (unpaired) electrons. The molecule has 98 valence electrons. The standard InChI is InChI=1S/C10H18N2O4S/c1-17-3-2-7(11)9(14)12-5-6(13)4-8(12)10(15)16/h6-8,13H,2-5,11H2,1H3,(H,15,16). The van der Waals surface area contributed by atoms with Crippen LogP contribution in [-0.4, -0.2) is 63.7 Å². The Morgan fingerprint density at radius 2 is 2.24 bits per heavy atom. The second kappa shape index (κ2) is 6.23. The Kier molecular flexibility index (Phi) is 5.23. The molecular weight excluding hydrogens is 244 g/mol. The van der Waals surface area contributed by atoms with E-state index in [4.69, 9.17) is 10.8 Å². The van der Waals surface area contributed by atoms with Crippen molar-refractivity contribution in [1.82, 2.24) is 4.90 Å². The number of likely N-dealkylation sites (tertiary alicyclic amines) is 1. The van der Waals surface area contributed by atoms with E-state index in [1.165, 1.54) is 4.90 Å². The predicted octanol–water partition coefficient (Wildman–Crippen LogP) is -0.887. The fraction of sp³-hybridized carbons (Fsp3) is 0.800. The SMILES string of the molecule is CSCCC(N)C(=O)N1CC(O)CC1C(=O)O. The zero-order chi connectivity index (χ0) is 13.0. The number of aliphatic carboxylic acids is 1. The molecule has 4 N–H and O–H groups in total. The topological polar surface area (TPSA) is 104 Å². The molecule has 17 heavy (non-hydrogen) atoms. The molecule has 3 unspecified atom stereocenters. The van der Waals surface area contributed by atoms with E-state index in [9.17, 15) is 14.7 Å². The molecule has 1 saturated heterocycles. The number of carboxylic acids is 1. The van der Waals surface area contributed by atoms with Gasteiger partial charge in [0.05, 0.1) is 12.1 Å². The molecule has 0 aliphatic carbocycles. The second-order valence-electron chi connectivity index (χ2n) is 4.12. The number of thioether (sulfide) groups is 1. The summed E-state index contributed by atoms with van der Waals surface area (Å²) in [4.78, 5) is 24.1. The highest BCUT2D eigenvalue weighted by atomic mass is 32.2. The molecular formula is C10H18N2O4S. The molecule has 1 aliphatic heterocycles. The molecule has 1 heterocycles. The lowest BCUT2D eigenvalue weighted by molar-refractivity contribution is -0.148. The Balaban J connectivity index is 2.63. The van der Waals surface area contributed by atoms with Crippen molar-refractivity contribution < 1.29 is 19.8 Å². The highest BCUT2D eigenvalue weighted by Crippen LogP contribution is 2.19. The van der Waals surface area contributed by atoms with E-state index in [1.54, 1.807) is 11.8 Å². The van der Waals surface area contributed by atoms with Gasteiger partial charge in [0.1, 0.15) is 6.04 Å². The molecule has 0 saturated carbocycles. The lowest BCUT2D eigenvalue weighted by atomic mass is 10.1. The maximum atomic E-state index is 11.9. The molecule has 1 aliphatic rings. The van der Waals surface area contributed by atoms with Crippen LogP contribution in [0.15, 0.2) is 0 Å². The van der Waals surface area contributed by atoms with Crippen LogP contribution in [0.5, 0.6) is 0 Å². The summed E-state index contributed by atoms with van der Waals surface area (Å²) in [6.07, 6.45) is 1.74. The van der Waals surface area contributed by atoms with Crippen molar-refractivity contribution in [3.05, 3.63) is 0 Å². The van der Waals surface area contributed by atoms with Gasteiger partial charge in [-0.1, -0.05) is 0 Å². The van der Waals surface area contributed by atoms with Gasteiger partial charge in [0.2, 0.25) is 5.91 Å². The van der Waals surface area contributed by atoms with Gasteiger partial charge in [-0.3, -0.25) is 4.79 Å². The minimum Gasteiger partial charge on any atom is -0.480 e. The van der Waals surface area contributed by atoms with Crippen LogP contribution in [0.2, 0.25) is 0 Å². The van der Waals surface area contributed by atoms with Gasteiger partial charge >= 0.3 is 5.97 Å². The summed E-state index contributed by atoms with van der Waals surface area (Å²) in [5.41, 5.74) is 5.71. The van der Waals surface area contributed by atoms with Crippen molar-refractivity contribution in [2.75, 3.05) is 18.6 Å². The summed E-state index contributed by atoms with van der Waals surface area (Å²) < 4.78 is 0. The molecule has 0 aromatic rings. The summed E-state index contributed by atoms with van der Waals surface area (Å²) in [5.74, 6) is -0.726. The fourth-order valence-electron chi connectivity index (χ4n) is 1.87. The van der Waals surface area contributed by atoms with Crippen molar-refractivity contribution in [3.8, 4) is 0 Å². The van der Waals surface area contributed by atoms with E-state index in [-0.39, 0.29) is 18.9 Å². The zero-order valence-electron chi connectivity index (χ0n) is 9.70. The van der Waals surface area contributed by atoms with Gasteiger partial charge in [-0.15, -0.1) is 0 Å². The Morgan fingerprint density at radius 1 is 1.59 bits per heavy atom. The number of nitrogens with zero attached hydrogens (tertiary/aromatic N) is 1. The van der Waals surface area contributed by atoms with E-state index in [2.05, 4.69) is 0 Å². The van der Waals surface area contributed by atoms with Crippen molar-refractivity contribution in [3.63, 3.8) is 0 Å². The molecule has 0 aromatic heterocycles. The summed E-state index contributed by atoms with van der Waals surface area (Å²) >= 11 is 1.58. The Bertz CT molecular complexity index is 300. The number of aliphatic hydroxyl groups is 1. The molecule has 7 heteroatoms. The number of hydrogen-bond donors (Lipinski definition) is 3. The number of hydrogen-bond acceptors (Lipinski definition) is 5. The normalized spacial score (nSPS) is 25.9. The Labute approximate surface area is 104 Å². The quantitative estimate of drug-likeness (QED) is 0.594. The summed E-state index contributed by atoms with van der Waals surface area (Å²) in [5, 5.41) is 18.4. The molecule has 3 atom stereocenters. The molecule has 1 rings (SSSR count). The van der Waals surface area contributed by atoms with Crippen molar-refractivity contribution >= 4 is 23.6 Å². The number of amides is 1. The number of rotatable bonds is 5. The van der Waals surface area contributed by atoms with Crippen molar-refractivity contribution in [1.29, 1.82) is 0 Å². The average molecular weight is 262 g/mol. The van der Waals surface area contributed by atoms with Crippen LogP contribution in [0.25, 0.3) is 0 Å². The highest BCUT2D eigenvalue weighted by Gasteiger charge is 2.40. The summed E-state index contributed by atoms with van der Waals surface area (Å²) in [6, 6.07) is -1.63. The van der Waals surface area contributed by atoms with Gasteiger partial charge in [-0.25, -0.2) is 4.79 Å². The average Bonchev–Trinajstić information content (AvgIpc) is 2.67. The van der Waals surface area contributed by atoms with Gasteiger partial charge in [0.25, 0.3) is 0 Å². The number of carboxylic acid groups (broad SMARTS) is 1. The van der Waals surface area contributed by atoms with Crippen LogP contribution >= 0.6 is 11.8 Å². The van der Waals surface area contributed by atoms with Crippen LogP contribution in [0.1, 0.15) is 12.8 Å². The number of carbonyl (C=O) groups is 2. The van der Waals surface area contributed by atoms with Gasteiger partial charge in [0.15, 0.2) is 0 Å². The van der Waals surface area contributed by atoms with Crippen LogP contribution in [0.4, 0.5) is 0 Å². The number of aliphatic hydroxyl groups excluding tert-OH is 1. The molecule has 0 bridgehead atoms. The van der Waals surface area contributed by atoms with Crippen LogP contribution in [0.3, 0.4) is 0 Å². The van der Waals surface area contributed by atoms with Gasteiger partial charge in [-0.05, 0) is 18.4 Å². The van der Waals surface area contributed by atoms with Gasteiger partial charge < -0.3 is 20.8 Å². The first-order chi connectivity index (χ1) is 7.97. The minimum absolute atomic E-state index is 0.0583. The van der Waals surface area contributed by atoms with E-state index >= 15 is 0 Å². The van der Waals surface area contributed by atoms with Gasteiger partial charge in [-0.2, -0.15) is 11.8 Å². The molecule has 0 aromatic carbocycles. The van der Waals surface area contributed by atoms with Crippen LogP contribution in [-0.2, 0) is 9.59 Å². The van der Waals surface area contributed by atoms with E-state index in [0.717, 1.165) is 5.75 Å². The van der Waals surface area contributed by atoms with Crippen LogP contribution in [0, 0.1) is 0 Å².